The highest BCUT2D eigenvalue weighted by atomic mass is 15.0. The van der Waals surface area contributed by atoms with Crippen LogP contribution in [-0.4, -0.2) is 14.4 Å². The predicted octanol–water partition coefficient (Wildman–Crippen LogP) is 10.3. The predicted molar refractivity (Wildman–Crippen MR) is 179 cm³/mol. The van der Waals surface area contributed by atoms with E-state index in [1.807, 2.05) is 12.3 Å². The van der Waals surface area contributed by atoms with Gasteiger partial charge in [-0.2, -0.15) is 0 Å². The van der Waals surface area contributed by atoms with Crippen LogP contribution in [0.3, 0.4) is 0 Å². The van der Waals surface area contributed by atoms with Crippen LogP contribution in [0.4, 0.5) is 0 Å². The van der Waals surface area contributed by atoms with Crippen molar-refractivity contribution in [1.29, 1.82) is 0 Å². The van der Waals surface area contributed by atoms with Crippen LogP contribution in [0.25, 0.3) is 82.5 Å². The van der Waals surface area contributed by atoms with Crippen molar-refractivity contribution in [3.8, 4) is 33.5 Å². The highest BCUT2D eigenvalue weighted by Crippen LogP contribution is 2.39. The lowest BCUT2D eigenvalue weighted by Gasteiger charge is -2.12. The summed E-state index contributed by atoms with van der Waals surface area (Å²) in [5, 5.41) is 7.21. The van der Waals surface area contributed by atoms with Crippen molar-refractivity contribution in [2.45, 2.75) is 0 Å². The van der Waals surface area contributed by atoms with E-state index in [0.717, 1.165) is 38.9 Å². The van der Waals surface area contributed by atoms with Crippen molar-refractivity contribution in [2.24, 2.45) is 0 Å². The van der Waals surface area contributed by atoms with E-state index >= 15 is 0 Å². The molecule has 9 rings (SSSR count). The van der Waals surface area contributed by atoms with Crippen molar-refractivity contribution in [3.05, 3.63) is 152 Å². The van der Waals surface area contributed by atoms with Crippen molar-refractivity contribution < 1.29 is 0 Å². The molecule has 0 aliphatic heterocycles. The highest BCUT2D eigenvalue weighted by molar-refractivity contribution is 6.25. The van der Waals surface area contributed by atoms with E-state index in [-0.39, 0.29) is 0 Å². The third-order valence-electron chi connectivity index (χ3n) is 8.64. The van der Waals surface area contributed by atoms with E-state index in [1.165, 1.54) is 43.6 Å². The van der Waals surface area contributed by atoms with Gasteiger partial charge in [0.05, 0.1) is 16.7 Å². The number of imidazole rings is 1. The molecule has 0 aliphatic carbocycles. The van der Waals surface area contributed by atoms with E-state index in [1.54, 1.807) is 0 Å². The third kappa shape index (κ3) is 3.75. The van der Waals surface area contributed by atoms with Crippen LogP contribution in [0.1, 0.15) is 0 Å². The Bertz CT molecular complexity index is 2480. The Hall–Kier alpha value is -5.80. The van der Waals surface area contributed by atoms with Crippen LogP contribution >= 0.6 is 0 Å². The van der Waals surface area contributed by atoms with Gasteiger partial charge in [-0.15, -0.1) is 0 Å². The van der Waals surface area contributed by atoms with E-state index in [4.69, 9.17) is 9.97 Å². The Balaban J connectivity index is 1.26. The standard InChI is InChI=1S/C40H25N3/c1-2-9-26(10-3-1)28-16-19-33-35(23-28)36-24-29(17-20-34(36)40-39(33)42-38-15-6-7-22-43(38)40)37-21-18-30(25-41-37)32-14-8-12-27-11-4-5-13-31(27)32/h1-25H. The second-order valence-electron chi connectivity index (χ2n) is 11.1. The summed E-state index contributed by atoms with van der Waals surface area (Å²) in [7, 11) is 0. The normalized spacial score (nSPS) is 11.7. The first-order valence-electron chi connectivity index (χ1n) is 14.6. The van der Waals surface area contributed by atoms with Gasteiger partial charge in [0.15, 0.2) is 0 Å². The Morgan fingerprint density at radius 2 is 1.21 bits per heavy atom. The van der Waals surface area contributed by atoms with Crippen molar-refractivity contribution >= 4 is 49.0 Å². The maximum absolute atomic E-state index is 5.09. The van der Waals surface area contributed by atoms with Crippen LogP contribution in [0.15, 0.2) is 152 Å². The Kier molecular flexibility index (Phi) is 5.20. The molecule has 0 spiro atoms. The zero-order valence-corrected chi connectivity index (χ0v) is 23.3. The lowest BCUT2D eigenvalue weighted by Crippen LogP contribution is -1.90. The van der Waals surface area contributed by atoms with Crippen LogP contribution in [0, 0.1) is 0 Å². The fourth-order valence-corrected chi connectivity index (χ4v) is 6.56. The van der Waals surface area contributed by atoms with Crippen molar-refractivity contribution in [2.75, 3.05) is 0 Å². The molecular weight excluding hydrogens is 522 g/mol. The number of pyridine rings is 2. The Labute approximate surface area is 248 Å². The number of benzene rings is 6. The molecule has 0 amide bonds. The zero-order chi connectivity index (χ0) is 28.3. The molecule has 43 heavy (non-hydrogen) atoms. The van der Waals surface area contributed by atoms with Crippen molar-refractivity contribution in [1.82, 2.24) is 14.4 Å². The number of aromatic nitrogens is 3. The van der Waals surface area contributed by atoms with Gasteiger partial charge in [-0.1, -0.05) is 109 Å². The second-order valence-corrected chi connectivity index (χ2v) is 11.1. The maximum Gasteiger partial charge on any atom is 0.137 e. The molecule has 3 aromatic heterocycles. The van der Waals surface area contributed by atoms with Gasteiger partial charge >= 0.3 is 0 Å². The van der Waals surface area contributed by atoms with E-state index in [9.17, 15) is 0 Å². The third-order valence-corrected chi connectivity index (χ3v) is 8.64. The molecule has 0 radical (unpaired) electrons. The van der Waals surface area contributed by atoms with Gasteiger partial charge in [-0.3, -0.25) is 9.38 Å². The first kappa shape index (κ1) is 23.9. The highest BCUT2D eigenvalue weighted by Gasteiger charge is 2.16. The number of fused-ring (bicyclic) bond motifs is 9. The molecule has 3 heteroatoms. The average molecular weight is 548 g/mol. The molecule has 3 nitrogen and oxygen atoms in total. The summed E-state index contributed by atoms with van der Waals surface area (Å²) in [4.78, 5) is 10.1. The van der Waals surface area contributed by atoms with Gasteiger partial charge in [0.25, 0.3) is 0 Å². The second kappa shape index (κ2) is 9.37. The number of hydrogen-bond acceptors (Lipinski definition) is 2. The van der Waals surface area contributed by atoms with Gasteiger partial charge in [0.2, 0.25) is 0 Å². The van der Waals surface area contributed by atoms with Gasteiger partial charge in [0, 0.05) is 34.3 Å². The van der Waals surface area contributed by atoms with E-state index in [2.05, 4.69) is 144 Å². The summed E-state index contributed by atoms with van der Waals surface area (Å²) >= 11 is 0. The van der Waals surface area contributed by atoms with Crippen molar-refractivity contribution in [3.63, 3.8) is 0 Å². The summed E-state index contributed by atoms with van der Waals surface area (Å²) in [5.41, 5.74) is 9.88. The number of rotatable bonds is 3. The number of hydrogen-bond donors (Lipinski definition) is 0. The topological polar surface area (TPSA) is 30.2 Å². The minimum absolute atomic E-state index is 0.952. The van der Waals surface area contributed by atoms with Crippen LogP contribution in [0.2, 0.25) is 0 Å². The minimum Gasteiger partial charge on any atom is -0.299 e. The Morgan fingerprint density at radius 1 is 0.465 bits per heavy atom. The molecule has 0 atom stereocenters. The maximum atomic E-state index is 5.09. The summed E-state index contributed by atoms with van der Waals surface area (Å²) in [6.07, 6.45) is 4.11. The quantitative estimate of drug-likeness (QED) is 0.206. The molecule has 0 aliphatic rings. The van der Waals surface area contributed by atoms with Gasteiger partial charge < -0.3 is 0 Å². The smallest absolute Gasteiger partial charge is 0.137 e. The fourth-order valence-electron chi connectivity index (χ4n) is 6.56. The molecule has 0 saturated heterocycles. The molecule has 0 fully saturated rings. The van der Waals surface area contributed by atoms with Gasteiger partial charge in [-0.25, -0.2) is 4.98 Å². The summed E-state index contributed by atoms with van der Waals surface area (Å²) in [6, 6.07) is 49.5. The van der Waals surface area contributed by atoms with Crippen LogP contribution in [-0.2, 0) is 0 Å². The molecule has 6 aromatic carbocycles. The largest absolute Gasteiger partial charge is 0.299 e. The molecule has 0 bridgehead atoms. The van der Waals surface area contributed by atoms with Gasteiger partial charge in [-0.05, 0) is 68.6 Å². The van der Waals surface area contributed by atoms with Crippen LogP contribution in [0.5, 0.6) is 0 Å². The molecule has 0 unspecified atom stereocenters. The molecule has 200 valence electrons. The Morgan fingerprint density at radius 3 is 2.12 bits per heavy atom. The zero-order valence-electron chi connectivity index (χ0n) is 23.3. The number of nitrogens with zero attached hydrogens (tertiary/aromatic N) is 3. The molecular formula is C40H25N3. The van der Waals surface area contributed by atoms with E-state index in [0.29, 0.717) is 0 Å². The summed E-state index contributed by atoms with van der Waals surface area (Å²) < 4.78 is 2.21. The van der Waals surface area contributed by atoms with Gasteiger partial charge in [0.1, 0.15) is 5.65 Å². The molecule has 0 saturated carbocycles. The molecule has 9 aromatic rings. The van der Waals surface area contributed by atoms with E-state index < -0.39 is 0 Å². The SMILES string of the molecule is c1ccc(-c2ccc3c(c2)c2cc(-c4ccc(-c5cccc6ccccc56)cn4)ccc2c2c3nc3ccccn32)cc1. The first-order valence-corrected chi connectivity index (χ1v) is 14.6. The van der Waals surface area contributed by atoms with Crippen LogP contribution < -0.4 is 0 Å². The summed E-state index contributed by atoms with van der Waals surface area (Å²) in [5.74, 6) is 0. The first-order chi connectivity index (χ1) is 21.3. The monoisotopic (exact) mass is 547 g/mol. The lowest BCUT2D eigenvalue weighted by molar-refractivity contribution is 1.23. The molecule has 3 heterocycles. The lowest BCUT2D eigenvalue weighted by atomic mass is 9.94. The fraction of sp³-hybridized carbons (Fsp3) is 0. The summed E-state index contributed by atoms with van der Waals surface area (Å²) in [6.45, 7) is 0. The minimum atomic E-state index is 0.952. The average Bonchev–Trinajstić information content (AvgIpc) is 3.48. The molecule has 0 N–H and O–H groups in total.